The lowest BCUT2D eigenvalue weighted by atomic mass is 9.85. The first-order valence-corrected chi connectivity index (χ1v) is 26.8. The van der Waals surface area contributed by atoms with Gasteiger partial charge in [-0.15, -0.1) is 0 Å². The zero-order valence-electron chi connectivity index (χ0n) is 42.0. The van der Waals surface area contributed by atoms with Crippen molar-refractivity contribution in [3.63, 3.8) is 0 Å². The molecule has 1 aliphatic rings. The van der Waals surface area contributed by atoms with Gasteiger partial charge < -0.3 is 39.9 Å². The summed E-state index contributed by atoms with van der Waals surface area (Å²) in [6.45, 7) is 3.80. The van der Waals surface area contributed by atoms with Crippen molar-refractivity contribution in [1.29, 1.82) is 0 Å². The van der Waals surface area contributed by atoms with Crippen LogP contribution in [0, 0.1) is 0 Å². The molecule has 1 aliphatic carbocycles. The van der Waals surface area contributed by atoms with Crippen LogP contribution in [0.1, 0.15) is 129 Å². The summed E-state index contributed by atoms with van der Waals surface area (Å²) < 4.78 is 34.1. The largest absolute Gasteiger partial charge is 0.472 e. The number of phosphoric acid groups is 1. The van der Waals surface area contributed by atoms with E-state index in [1.54, 1.807) is 0 Å². The monoisotopic (exact) mass is 995 g/mol. The molecule has 1 rings (SSSR count). The highest BCUT2D eigenvalue weighted by Gasteiger charge is 2.51. The van der Waals surface area contributed by atoms with Gasteiger partial charge >= 0.3 is 13.8 Å². The maximum Gasteiger partial charge on any atom is 0.472 e. The smallest absolute Gasteiger partial charge is 0.457 e. The number of rotatable bonds is 40. The van der Waals surface area contributed by atoms with Crippen molar-refractivity contribution < 1.29 is 58.3 Å². The number of aliphatic hydroxyl groups is 5. The third kappa shape index (κ3) is 36.0. The fourth-order valence-corrected chi connectivity index (χ4v) is 7.45. The van der Waals surface area contributed by atoms with Crippen molar-refractivity contribution in [3.05, 3.63) is 158 Å². The minimum absolute atomic E-state index is 0.0787. The summed E-state index contributed by atoms with van der Waals surface area (Å²) in [7, 11) is -5.07. The predicted octanol–water partition coefficient (Wildman–Crippen LogP) is 11.5. The van der Waals surface area contributed by atoms with E-state index < -0.39 is 63.1 Å². The number of hydrogen-bond donors (Lipinski definition) is 6. The third-order valence-corrected chi connectivity index (χ3v) is 11.4. The van der Waals surface area contributed by atoms with Crippen LogP contribution in [0.4, 0.5) is 0 Å². The van der Waals surface area contributed by atoms with Crippen molar-refractivity contribution in [3.8, 4) is 0 Å². The second kappa shape index (κ2) is 44.9. The highest BCUT2D eigenvalue weighted by Crippen LogP contribution is 2.47. The van der Waals surface area contributed by atoms with E-state index in [1.807, 2.05) is 12.2 Å². The number of phosphoric ester groups is 1. The molecule has 0 aromatic heterocycles. The minimum Gasteiger partial charge on any atom is -0.457 e. The lowest BCUT2D eigenvalue weighted by Gasteiger charge is -2.41. The van der Waals surface area contributed by atoms with E-state index in [9.17, 15) is 39.8 Å². The Bertz CT molecular complexity index is 1750. The maximum absolute atomic E-state index is 12.9. The second-order valence-corrected chi connectivity index (χ2v) is 18.0. The van der Waals surface area contributed by atoms with E-state index in [0.717, 1.165) is 89.9 Å². The number of aliphatic hydroxyl groups excluding tert-OH is 5. The quantitative estimate of drug-likeness (QED) is 0.0148. The molecule has 0 radical (unpaired) electrons. The minimum atomic E-state index is -5.07. The van der Waals surface area contributed by atoms with Crippen LogP contribution >= 0.6 is 7.82 Å². The van der Waals surface area contributed by atoms with Gasteiger partial charge in [0.15, 0.2) is 0 Å². The summed E-state index contributed by atoms with van der Waals surface area (Å²) in [4.78, 5) is 23.2. The Balaban J connectivity index is 2.47. The van der Waals surface area contributed by atoms with E-state index in [0.29, 0.717) is 25.9 Å². The van der Waals surface area contributed by atoms with Crippen molar-refractivity contribution >= 4 is 13.8 Å². The lowest BCUT2D eigenvalue weighted by Crippen LogP contribution is -2.64. The average molecular weight is 995 g/mol. The Labute approximate surface area is 420 Å². The molecule has 0 bridgehead atoms. The van der Waals surface area contributed by atoms with Crippen molar-refractivity contribution in [1.82, 2.24) is 0 Å². The van der Waals surface area contributed by atoms with Gasteiger partial charge in [0, 0.05) is 13.0 Å². The van der Waals surface area contributed by atoms with Gasteiger partial charge in [0.25, 0.3) is 0 Å². The molecule has 13 heteroatoms. The zero-order valence-corrected chi connectivity index (χ0v) is 42.9. The van der Waals surface area contributed by atoms with Crippen LogP contribution in [-0.4, -0.2) is 98.9 Å². The molecule has 12 nitrogen and oxygen atoms in total. The van der Waals surface area contributed by atoms with Gasteiger partial charge in [-0.05, 0) is 109 Å². The van der Waals surface area contributed by atoms with E-state index in [4.69, 9.17) is 18.5 Å². The van der Waals surface area contributed by atoms with E-state index in [-0.39, 0.29) is 13.0 Å². The van der Waals surface area contributed by atoms with Gasteiger partial charge in [-0.3, -0.25) is 13.8 Å². The summed E-state index contributed by atoms with van der Waals surface area (Å²) in [5, 5.41) is 50.3. The van der Waals surface area contributed by atoms with Crippen LogP contribution in [0.25, 0.3) is 0 Å². The van der Waals surface area contributed by atoms with Crippen LogP contribution in [0.3, 0.4) is 0 Å². The summed E-state index contributed by atoms with van der Waals surface area (Å²) in [6.07, 6.45) is 57.5. The number of unbranched alkanes of at least 4 members (excludes halogenated alkanes) is 2. The molecule has 392 valence electrons. The molecule has 1 fully saturated rings. The zero-order chi connectivity index (χ0) is 51.2. The number of hydrogen-bond acceptors (Lipinski definition) is 11. The highest BCUT2D eigenvalue weighted by atomic mass is 31.2. The molecular weight excluding hydrogens is 908 g/mol. The first-order chi connectivity index (χ1) is 34.0. The number of carbonyl (C=O) groups excluding carboxylic acids is 1. The summed E-state index contributed by atoms with van der Waals surface area (Å²) >= 11 is 0. The van der Waals surface area contributed by atoms with Gasteiger partial charge in [-0.2, -0.15) is 0 Å². The number of ether oxygens (including phenoxy) is 2. The third-order valence-electron chi connectivity index (χ3n) is 10.4. The van der Waals surface area contributed by atoms with Gasteiger partial charge in [0.2, 0.25) is 0 Å². The van der Waals surface area contributed by atoms with Crippen LogP contribution in [0.15, 0.2) is 158 Å². The Morgan fingerprint density at radius 2 is 0.771 bits per heavy atom. The molecule has 0 spiro atoms. The fraction of sp³-hybridized carbons (Fsp3) is 0.526. The Hall–Kier alpha value is -4.04. The molecule has 0 aromatic carbocycles. The normalized spacial score (nSPS) is 22.2. The number of carbonyl (C=O) groups is 1. The molecule has 6 N–H and O–H groups in total. The SMILES string of the molecule is CC/C=C\C/C=C\C/C=C\C/C=C\C/C=C\C/C=C\C/C=C\CCCC(=O)OC(COCCC/C=C\C/C=C\C/C=C\C/C=C\C/C=C\C/C=C\CC)COP(=O)(O)OC1C(O)C(O)C(O)C(O)C1O. The summed E-state index contributed by atoms with van der Waals surface area (Å²) in [5.74, 6) is -0.562. The number of esters is 1. The Morgan fingerprint density at radius 1 is 0.457 bits per heavy atom. The fourth-order valence-electron chi connectivity index (χ4n) is 6.48. The molecule has 0 saturated heterocycles. The first kappa shape index (κ1) is 64.0. The van der Waals surface area contributed by atoms with Gasteiger partial charge in [-0.1, -0.05) is 172 Å². The second-order valence-electron chi connectivity index (χ2n) is 16.5. The van der Waals surface area contributed by atoms with Crippen LogP contribution < -0.4 is 0 Å². The molecule has 0 aliphatic heterocycles. The maximum atomic E-state index is 12.9. The standard InChI is InChI=1S/C57H87O12P/c1-3-5-7-9-11-13-15-17-19-21-23-25-26-27-28-30-32-34-36-38-40-42-44-46-51(58)68-50(49-67-70(64,65)69-57-55(62)53(60)52(59)54(61)56(57)63)48-66-47-45-43-41-39-37-35-33-31-29-24-22-20-18-16-14-12-10-8-6-4-2/h5-8,11-14,17-20,23-25,27-29,32-35,38-41,50,52-57,59-63H,3-4,9-10,15-16,21-22,26,30-31,36-37,42-49H2,1-2H3,(H,64,65)/b7-5-,8-6-,13-11-,14-12-,19-17-,20-18-,25-23-,28-27-,29-24-,34-32-,35-33-,40-38-,41-39-. The van der Waals surface area contributed by atoms with Gasteiger partial charge in [0.05, 0.1) is 13.2 Å². The summed E-state index contributed by atoms with van der Waals surface area (Å²) in [6, 6.07) is 0. The van der Waals surface area contributed by atoms with E-state index >= 15 is 0 Å². The predicted molar refractivity (Wildman–Crippen MR) is 285 cm³/mol. The topological polar surface area (TPSA) is 192 Å². The van der Waals surface area contributed by atoms with Crippen molar-refractivity contribution in [2.75, 3.05) is 19.8 Å². The number of allylic oxidation sites excluding steroid dienone is 26. The van der Waals surface area contributed by atoms with E-state index in [2.05, 4.69) is 160 Å². The van der Waals surface area contributed by atoms with E-state index in [1.165, 1.54) is 0 Å². The first-order valence-electron chi connectivity index (χ1n) is 25.3. The van der Waals surface area contributed by atoms with Crippen molar-refractivity contribution in [2.24, 2.45) is 0 Å². The lowest BCUT2D eigenvalue weighted by molar-refractivity contribution is -0.220. The molecule has 0 heterocycles. The van der Waals surface area contributed by atoms with Crippen LogP contribution in [-0.2, 0) is 27.9 Å². The van der Waals surface area contributed by atoms with Gasteiger partial charge in [-0.25, -0.2) is 4.57 Å². The van der Waals surface area contributed by atoms with Crippen molar-refractivity contribution in [2.45, 2.75) is 172 Å². The molecular formula is C57H87O12P. The molecule has 1 saturated carbocycles. The average Bonchev–Trinajstić information content (AvgIpc) is 3.35. The molecule has 70 heavy (non-hydrogen) atoms. The van der Waals surface area contributed by atoms with Crippen LogP contribution in [0.2, 0.25) is 0 Å². The molecule has 6 unspecified atom stereocenters. The Kier molecular flexibility index (Phi) is 41.0. The highest BCUT2D eigenvalue weighted by molar-refractivity contribution is 7.47. The summed E-state index contributed by atoms with van der Waals surface area (Å²) in [5.41, 5.74) is 0. The Morgan fingerprint density at radius 3 is 1.13 bits per heavy atom. The molecule has 6 atom stereocenters. The van der Waals surface area contributed by atoms with Gasteiger partial charge in [0.1, 0.15) is 42.7 Å². The molecule has 0 aromatic rings. The van der Waals surface area contributed by atoms with Crippen LogP contribution in [0.5, 0.6) is 0 Å². The molecule has 0 amide bonds.